The van der Waals surface area contributed by atoms with E-state index >= 15 is 0 Å². The van der Waals surface area contributed by atoms with Crippen molar-refractivity contribution >= 4 is 15.7 Å². The lowest BCUT2D eigenvalue weighted by Gasteiger charge is -2.29. The van der Waals surface area contributed by atoms with Gasteiger partial charge in [-0.15, -0.1) is 10.2 Å². The summed E-state index contributed by atoms with van der Waals surface area (Å²) < 4.78 is 23.9. The van der Waals surface area contributed by atoms with Crippen LogP contribution in [0.2, 0.25) is 0 Å². The standard InChI is InChI=1S/C21H28N4O2S/c1-2-28(26,27)19-9-7-17(8-10-19)20-11-12-21(23-22-20)25-15-5-6-18(25)16-24-13-3-4-14-24/h7-12,18H,2-6,13-16H2,1H3. The van der Waals surface area contributed by atoms with Gasteiger partial charge in [-0.1, -0.05) is 19.1 Å². The molecule has 1 aromatic carbocycles. The topological polar surface area (TPSA) is 66.4 Å². The van der Waals surface area contributed by atoms with Gasteiger partial charge in [0, 0.05) is 24.7 Å². The number of anilines is 1. The highest BCUT2D eigenvalue weighted by atomic mass is 32.2. The van der Waals surface area contributed by atoms with Gasteiger partial charge in [0.05, 0.1) is 16.3 Å². The molecule has 2 fully saturated rings. The normalized spacial score (nSPS) is 20.8. The molecule has 2 aromatic rings. The summed E-state index contributed by atoms with van der Waals surface area (Å²) in [5.74, 6) is 1.05. The third-order valence-corrected chi connectivity index (χ3v) is 7.63. The lowest BCUT2D eigenvalue weighted by molar-refractivity contribution is 0.313. The molecule has 0 radical (unpaired) electrons. The van der Waals surface area contributed by atoms with Crippen molar-refractivity contribution < 1.29 is 8.42 Å². The fourth-order valence-corrected chi connectivity index (χ4v) is 5.11. The summed E-state index contributed by atoms with van der Waals surface area (Å²) in [5, 5.41) is 8.91. The van der Waals surface area contributed by atoms with E-state index < -0.39 is 9.84 Å². The van der Waals surface area contributed by atoms with E-state index in [0.717, 1.165) is 30.2 Å². The number of aromatic nitrogens is 2. The van der Waals surface area contributed by atoms with Crippen LogP contribution in [-0.4, -0.2) is 61.5 Å². The molecule has 3 heterocycles. The minimum absolute atomic E-state index is 0.106. The van der Waals surface area contributed by atoms with Crippen LogP contribution in [0.3, 0.4) is 0 Å². The van der Waals surface area contributed by atoms with Gasteiger partial charge in [-0.2, -0.15) is 0 Å². The zero-order valence-corrected chi connectivity index (χ0v) is 17.2. The van der Waals surface area contributed by atoms with Crippen molar-refractivity contribution in [3.8, 4) is 11.3 Å². The third-order valence-electron chi connectivity index (χ3n) is 5.88. The quantitative estimate of drug-likeness (QED) is 0.743. The Labute approximate surface area is 167 Å². The molecule has 0 spiro atoms. The van der Waals surface area contributed by atoms with Gasteiger partial charge in [-0.05, 0) is 63.0 Å². The van der Waals surface area contributed by atoms with Gasteiger partial charge in [0.15, 0.2) is 15.7 Å². The maximum atomic E-state index is 12.0. The summed E-state index contributed by atoms with van der Waals surface area (Å²) >= 11 is 0. The van der Waals surface area contributed by atoms with E-state index in [0.29, 0.717) is 10.9 Å². The van der Waals surface area contributed by atoms with Crippen LogP contribution in [0.15, 0.2) is 41.3 Å². The number of rotatable bonds is 6. The average Bonchev–Trinajstić information content (AvgIpc) is 3.41. The molecule has 6 nitrogen and oxygen atoms in total. The zero-order valence-electron chi connectivity index (χ0n) is 16.4. The van der Waals surface area contributed by atoms with Crippen LogP contribution >= 0.6 is 0 Å². The zero-order chi connectivity index (χ0) is 19.6. The van der Waals surface area contributed by atoms with Crippen molar-refractivity contribution in [2.75, 3.05) is 36.8 Å². The van der Waals surface area contributed by atoms with Gasteiger partial charge in [0.1, 0.15) is 0 Å². The number of hydrogen-bond acceptors (Lipinski definition) is 6. The average molecular weight is 401 g/mol. The fraction of sp³-hybridized carbons (Fsp3) is 0.524. The summed E-state index contributed by atoms with van der Waals surface area (Å²) in [6.07, 6.45) is 5.06. The molecular formula is C21H28N4O2S. The molecule has 7 heteroatoms. The second kappa shape index (κ2) is 8.17. The Hall–Kier alpha value is -1.99. The summed E-state index contributed by atoms with van der Waals surface area (Å²) in [5.41, 5.74) is 1.64. The molecule has 2 aliphatic heterocycles. The first-order chi connectivity index (χ1) is 13.6. The van der Waals surface area contributed by atoms with E-state index in [-0.39, 0.29) is 5.75 Å². The molecule has 2 aliphatic rings. The minimum Gasteiger partial charge on any atom is -0.351 e. The number of hydrogen-bond donors (Lipinski definition) is 0. The number of likely N-dealkylation sites (tertiary alicyclic amines) is 1. The van der Waals surface area contributed by atoms with Gasteiger partial charge in [0.25, 0.3) is 0 Å². The maximum Gasteiger partial charge on any atom is 0.178 e. The fourth-order valence-electron chi connectivity index (χ4n) is 4.22. The van der Waals surface area contributed by atoms with E-state index in [1.807, 2.05) is 12.1 Å². The molecule has 0 amide bonds. The monoisotopic (exact) mass is 400 g/mol. The molecule has 150 valence electrons. The largest absolute Gasteiger partial charge is 0.351 e. The second-order valence-electron chi connectivity index (χ2n) is 7.70. The van der Waals surface area contributed by atoms with Gasteiger partial charge in [-0.25, -0.2) is 8.42 Å². The van der Waals surface area contributed by atoms with Crippen LogP contribution in [0.5, 0.6) is 0 Å². The van der Waals surface area contributed by atoms with Crippen LogP contribution in [0.25, 0.3) is 11.3 Å². The van der Waals surface area contributed by atoms with Crippen molar-refractivity contribution in [1.29, 1.82) is 0 Å². The SMILES string of the molecule is CCS(=O)(=O)c1ccc(-c2ccc(N3CCCC3CN3CCCC3)nn2)cc1. The van der Waals surface area contributed by atoms with Crippen LogP contribution < -0.4 is 4.90 Å². The van der Waals surface area contributed by atoms with E-state index in [1.54, 1.807) is 31.2 Å². The first-order valence-corrected chi connectivity index (χ1v) is 11.9. The summed E-state index contributed by atoms with van der Waals surface area (Å²) in [6.45, 7) is 6.26. The lowest BCUT2D eigenvalue weighted by atomic mass is 10.1. The highest BCUT2D eigenvalue weighted by Crippen LogP contribution is 2.27. The van der Waals surface area contributed by atoms with Crippen LogP contribution in [-0.2, 0) is 9.84 Å². The molecule has 0 bridgehead atoms. The Balaban J connectivity index is 1.47. The van der Waals surface area contributed by atoms with Crippen molar-refractivity contribution in [1.82, 2.24) is 15.1 Å². The molecule has 1 atom stereocenters. The lowest BCUT2D eigenvalue weighted by Crippen LogP contribution is -2.39. The first kappa shape index (κ1) is 19.3. The maximum absolute atomic E-state index is 12.0. The van der Waals surface area contributed by atoms with E-state index in [2.05, 4.69) is 20.0 Å². The molecule has 1 aromatic heterocycles. The van der Waals surface area contributed by atoms with Crippen LogP contribution in [0.4, 0.5) is 5.82 Å². The molecule has 0 aliphatic carbocycles. The third kappa shape index (κ3) is 4.05. The Morgan fingerprint density at radius 3 is 2.36 bits per heavy atom. The Bertz CT molecular complexity index is 891. The summed E-state index contributed by atoms with van der Waals surface area (Å²) in [7, 11) is -3.18. The molecule has 4 rings (SSSR count). The van der Waals surface area contributed by atoms with E-state index in [1.165, 1.54) is 38.8 Å². The predicted molar refractivity (Wildman–Crippen MR) is 111 cm³/mol. The first-order valence-electron chi connectivity index (χ1n) is 10.2. The van der Waals surface area contributed by atoms with Crippen LogP contribution in [0, 0.1) is 0 Å². The minimum atomic E-state index is -3.18. The predicted octanol–water partition coefficient (Wildman–Crippen LogP) is 3.00. The Morgan fingerprint density at radius 2 is 1.71 bits per heavy atom. The van der Waals surface area contributed by atoms with Crippen molar-refractivity contribution in [2.24, 2.45) is 0 Å². The van der Waals surface area contributed by atoms with E-state index in [9.17, 15) is 8.42 Å². The second-order valence-corrected chi connectivity index (χ2v) is 9.98. The number of sulfone groups is 1. The Kier molecular flexibility index (Phi) is 5.64. The van der Waals surface area contributed by atoms with Gasteiger partial charge in [-0.3, -0.25) is 0 Å². The van der Waals surface area contributed by atoms with Gasteiger partial charge in [0.2, 0.25) is 0 Å². The van der Waals surface area contributed by atoms with Gasteiger partial charge >= 0.3 is 0 Å². The van der Waals surface area contributed by atoms with Crippen molar-refractivity contribution in [2.45, 2.75) is 43.5 Å². The summed E-state index contributed by atoms with van der Waals surface area (Å²) in [4.78, 5) is 5.31. The summed E-state index contributed by atoms with van der Waals surface area (Å²) in [6, 6.07) is 11.5. The highest BCUT2D eigenvalue weighted by molar-refractivity contribution is 7.91. The highest BCUT2D eigenvalue weighted by Gasteiger charge is 2.28. The molecular weight excluding hydrogens is 372 g/mol. The molecule has 0 N–H and O–H groups in total. The van der Waals surface area contributed by atoms with Crippen LogP contribution in [0.1, 0.15) is 32.6 Å². The number of nitrogens with zero attached hydrogens (tertiary/aromatic N) is 4. The van der Waals surface area contributed by atoms with E-state index in [4.69, 9.17) is 0 Å². The molecule has 0 saturated carbocycles. The molecule has 28 heavy (non-hydrogen) atoms. The smallest absolute Gasteiger partial charge is 0.178 e. The van der Waals surface area contributed by atoms with Crippen molar-refractivity contribution in [3.63, 3.8) is 0 Å². The molecule has 2 saturated heterocycles. The number of benzene rings is 1. The Morgan fingerprint density at radius 1 is 0.964 bits per heavy atom. The molecule has 1 unspecified atom stereocenters. The van der Waals surface area contributed by atoms with Gasteiger partial charge < -0.3 is 9.80 Å². The van der Waals surface area contributed by atoms with Crippen molar-refractivity contribution in [3.05, 3.63) is 36.4 Å².